The van der Waals surface area contributed by atoms with Crippen molar-refractivity contribution in [2.75, 3.05) is 0 Å². The zero-order chi connectivity index (χ0) is 36.8. The van der Waals surface area contributed by atoms with Gasteiger partial charge in [-0.25, -0.2) is 15.0 Å². The molecule has 0 saturated carbocycles. The van der Waals surface area contributed by atoms with Crippen molar-refractivity contribution in [2.45, 2.75) is 5.41 Å². The standard InChI is InChI=1S/C52H31N3S/c1-2-15-32(16-3-1)49-53-50(55-51(54-49)41-24-14-23-39-38-21-9-13-28-47(38)56-48(39)41)40-22-5-4-17-34(40)33-29-30-46-42(31-33)37-20-8-12-27-45(37)52(46)43-25-10-6-18-35(43)36-19-7-11-26-44(36)52/h1-31H. The van der Waals surface area contributed by atoms with Gasteiger partial charge in [-0.15, -0.1) is 11.3 Å². The monoisotopic (exact) mass is 729 g/mol. The summed E-state index contributed by atoms with van der Waals surface area (Å²) in [6, 6.07) is 67.8. The van der Waals surface area contributed by atoms with Crippen molar-refractivity contribution >= 4 is 31.5 Å². The number of aromatic nitrogens is 3. The van der Waals surface area contributed by atoms with E-state index in [0.29, 0.717) is 17.5 Å². The molecule has 0 N–H and O–H groups in total. The van der Waals surface area contributed by atoms with Crippen molar-refractivity contribution in [3.8, 4) is 67.5 Å². The van der Waals surface area contributed by atoms with Crippen LogP contribution in [0.2, 0.25) is 0 Å². The summed E-state index contributed by atoms with van der Waals surface area (Å²) < 4.78 is 2.43. The van der Waals surface area contributed by atoms with Gasteiger partial charge in [0.05, 0.1) is 5.41 Å². The Hall–Kier alpha value is -7.01. The smallest absolute Gasteiger partial charge is 0.165 e. The highest BCUT2D eigenvalue weighted by Gasteiger charge is 2.51. The molecular weight excluding hydrogens is 699 g/mol. The van der Waals surface area contributed by atoms with Crippen LogP contribution in [-0.4, -0.2) is 15.0 Å². The van der Waals surface area contributed by atoms with Crippen LogP contribution in [0.15, 0.2) is 188 Å². The number of hydrogen-bond acceptors (Lipinski definition) is 4. The van der Waals surface area contributed by atoms with Crippen molar-refractivity contribution in [1.82, 2.24) is 15.0 Å². The fourth-order valence-electron chi connectivity index (χ4n) is 9.45. The van der Waals surface area contributed by atoms with E-state index >= 15 is 0 Å². The van der Waals surface area contributed by atoms with E-state index in [-0.39, 0.29) is 5.41 Å². The maximum absolute atomic E-state index is 5.31. The first-order valence-electron chi connectivity index (χ1n) is 19.0. The van der Waals surface area contributed by atoms with Crippen molar-refractivity contribution in [3.05, 3.63) is 210 Å². The highest BCUT2D eigenvalue weighted by atomic mass is 32.1. The number of thiophene rings is 1. The predicted octanol–water partition coefficient (Wildman–Crippen LogP) is 13.3. The molecule has 0 aliphatic heterocycles. The lowest BCUT2D eigenvalue weighted by Gasteiger charge is -2.30. The third-order valence-corrected chi connectivity index (χ3v) is 13.0. The molecule has 0 amide bonds. The molecule has 1 spiro atoms. The first-order valence-corrected chi connectivity index (χ1v) is 19.8. The highest BCUT2D eigenvalue weighted by Crippen LogP contribution is 2.63. The topological polar surface area (TPSA) is 38.7 Å². The predicted molar refractivity (Wildman–Crippen MR) is 231 cm³/mol. The average molecular weight is 730 g/mol. The molecule has 0 atom stereocenters. The third-order valence-electron chi connectivity index (χ3n) is 11.8. The lowest BCUT2D eigenvalue weighted by molar-refractivity contribution is 0.794. The maximum Gasteiger partial charge on any atom is 0.165 e. The van der Waals surface area contributed by atoms with Crippen molar-refractivity contribution in [2.24, 2.45) is 0 Å². The lowest BCUT2D eigenvalue weighted by Crippen LogP contribution is -2.25. The maximum atomic E-state index is 5.31. The second-order valence-electron chi connectivity index (χ2n) is 14.6. The fourth-order valence-corrected chi connectivity index (χ4v) is 10.7. The van der Waals surface area contributed by atoms with Crippen molar-refractivity contribution < 1.29 is 0 Å². The molecule has 2 heterocycles. The van der Waals surface area contributed by atoms with E-state index in [0.717, 1.165) is 27.8 Å². The second-order valence-corrected chi connectivity index (χ2v) is 15.7. The summed E-state index contributed by atoms with van der Waals surface area (Å²) in [6.45, 7) is 0. The number of hydrogen-bond donors (Lipinski definition) is 0. The van der Waals surface area contributed by atoms with Gasteiger partial charge in [0.2, 0.25) is 0 Å². The van der Waals surface area contributed by atoms with Gasteiger partial charge in [0.1, 0.15) is 0 Å². The van der Waals surface area contributed by atoms with Gasteiger partial charge in [0.15, 0.2) is 17.5 Å². The van der Waals surface area contributed by atoms with Gasteiger partial charge >= 0.3 is 0 Å². The molecule has 0 saturated heterocycles. The van der Waals surface area contributed by atoms with Crippen molar-refractivity contribution in [3.63, 3.8) is 0 Å². The fraction of sp³-hybridized carbons (Fsp3) is 0.0192. The van der Waals surface area contributed by atoms with Crippen molar-refractivity contribution in [1.29, 1.82) is 0 Å². The van der Waals surface area contributed by atoms with Crippen LogP contribution in [0.1, 0.15) is 22.3 Å². The first kappa shape index (κ1) is 31.4. The van der Waals surface area contributed by atoms with Crippen LogP contribution in [0.5, 0.6) is 0 Å². The molecule has 4 heteroatoms. The molecule has 8 aromatic carbocycles. The van der Waals surface area contributed by atoms with Gasteiger partial charge in [-0.1, -0.05) is 170 Å². The summed E-state index contributed by atoms with van der Waals surface area (Å²) in [7, 11) is 0. The number of rotatable bonds is 4. The van der Waals surface area contributed by atoms with E-state index < -0.39 is 0 Å². The highest BCUT2D eigenvalue weighted by molar-refractivity contribution is 7.26. The Balaban J connectivity index is 1.07. The minimum absolute atomic E-state index is 0.377. The number of fused-ring (bicyclic) bond motifs is 13. The molecule has 10 aromatic rings. The molecule has 0 unspecified atom stereocenters. The molecule has 260 valence electrons. The van der Waals surface area contributed by atoms with Gasteiger partial charge < -0.3 is 0 Å². The number of benzene rings is 8. The van der Waals surface area contributed by atoms with E-state index in [1.165, 1.54) is 64.7 Å². The summed E-state index contributed by atoms with van der Waals surface area (Å²) in [5.41, 5.74) is 15.3. The Labute approximate surface area is 328 Å². The zero-order valence-electron chi connectivity index (χ0n) is 30.1. The largest absolute Gasteiger partial charge is 0.208 e. The Bertz CT molecular complexity index is 3170. The molecule has 12 rings (SSSR count). The van der Waals surface area contributed by atoms with Crippen LogP contribution in [0.25, 0.3) is 87.7 Å². The SMILES string of the molecule is c1ccc(-c2nc(-c3ccccc3-c3ccc4c(c3)-c3ccccc3C43c4ccccc4-c4ccccc43)nc(-c3cccc4c3sc3ccccc34)n2)cc1. The normalized spacial score (nSPS) is 13.1. The Kier molecular flexibility index (Phi) is 6.72. The van der Waals surface area contributed by atoms with Crippen LogP contribution in [0.4, 0.5) is 0 Å². The van der Waals surface area contributed by atoms with Crippen LogP contribution in [0, 0.1) is 0 Å². The van der Waals surface area contributed by atoms with Crippen LogP contribution >= 0.6 is 11.3 Å². The van der Waals surface area contributed by atoms with Gasteiger partial charge in [-0.05, 0) is 73.8 Å². The summed E-state index contributed by atoms with van der Waals surface area (Å²) in [6.07, 6.45) is 0. The molecule has 0 radical (unpaired) electrons. The minimum Gasteiger partial charge on any atom is -0.208 e. The average Bonchev–Trinajstić information content (AvgIpc) is 3.91. The van der Waals surface area contributed by atoms with E-state index in [1.807, 2.05) is 18.2 Å². The third kappa shape index (κ3) is 4.36. The Morgan fingerprint density at radius 1 is 0.321 bits per heavy atom. The van der Waals surface area contributed by atoms with Gasteiger partial charge in [0.25, 0.3) is 0 Å². The van der Waals surface area contributed by atoms with Crippen LogP contribution in [0.3, 0.4) is 0 Å². The van der Waals surface area contributed by atoms with Gasteiger partial charge in [-0.2, -0.15) is 0 Å². The Morgan fingerprint density at radius 3 is 1.54 bits per heavy atom. The lowest BCUT2D eigenvalue weighted by atomic mass is 9.70. The van der Waals surface area contributed by atoms with E-state index in [2.05, 4.69) is 170 Å². The molecule has 0 fully saturated rings. The molecule has 0 bridgehead atoms. The Morgan fingerprint density at radius 2 is 0.821 bits per heavy atom. The molecule has 2 aliphatic carbocycles. The molecule has 2 aliphatic rings. The first-order chi connectivity index (χ1) is 27.8. The van der Waals surface area contributed by atoms with Gasteiger partial charge in [0, 0.05) is 36.9 Å². The quantitative estimate of drug-likeness (QED) is 0.181. The summed E-state index contributed by atoms with van der Waals surface area (Å²) in [5.74, 6) is 1.98. The minimum atomic E-state index is -0.377. The summed E-state index contributed by atoms with van der Waals surface area (Å²) in [4.78, 5) is 15.7. The molecular formula is C52H31N3S. The molecule has 56 heavy (non-hydrogen) atoms. The number of nitrogens with zero attached hydrogens (tertiary/aromatic N) is 3. The van der Waals surface area contributed by atoms with Crippen LogP contribution in [-0.2, 0) is 5.41 Å². The van der Waals surface area contributed by atoms with Crippen LogP contribution < -0.4 is 0 Å². The van der Waals surface area contributed by atoms with Gasteiger partial charge in [-0.3, -0.25) is 0 Å². The molecule has 3 nitrogen and oxygen atoms in total. The van der Waals surface area contributed by atoms with E-state index in [1.54, 1.807) is 11.3 Å². The second kappa shape index (κ2) is 12.0. The molecule has 2 aromatic heterocycles. The summed E-state index contributed by atoms with van der Waals surface area (Å²) in [5, 5.41) is 2.47. The van der Waals surface area contributed by atoms with E-state index in [4.69, 9.17) is 15.0 Å². The zero-order valence-corrected chi connectivity index (χ0v) is 31.0. The summed E-state index contributed by atoms with van der Waals surface area (Å²) >= 11 is 1.79. The van der Waals surface area contributed by atoms with E-state index in [9.17, 15) is 0 Å².